The highest BCUT2D eigenvalue weighted by molar-refractivity contribution is 5.75. The van der Waals surface area contributed by atoms with E-state index in [-0.39, 0.29) is 5.82 Å². The summed E-state index contributed by atoms with van der Waals surface area (Å²) in [7, 11) is 0. The molecule has 0 bridgehead atoms. The van der Waals surface area contributed by atoms with Crippen LogP contribution in [0.3, 0.4) is 0 Å². The van der Waals surface area contributed by atoms with Crippen molar-refractivity contribution in [1.82, 2.24) is 24.4 Å². The Morgan fingerprint density at radius 1 is 0.962 bits per heavy atom. The van der Waals surface area contributed by atoms with Crippen molar-refractivity contribution in [2.24, 2.45) is 0 Å². The molecule has 0 N–H and O–H groups in total. The molecule has 26 heavy (non-hydrogen) atoms. The van der Waals surface area contributed by atoms with E-state index in [2.05, 4.69) is 29.3 Å². The minimum atomic E-state index is -0.243. The van der Waals surface area contributed by atoms with Gasteiger partial charge in [0.2, 0.25) is 5.95 Å². The summed E-state index contributed by atoms with van der Waals surface area (Å²) in [5.41, 5.74) is 3.71. The Balaban J connectivity index is 1.35. The van der Waals surface area contributed by atoms with Gasteiger partial charge < -0.3 is 9.47 Å². The first-order chi connectivity index (χ1) is 12.6. The quantitative estimate of drug-likeness (QED) is 0.720. The Morgan fingerprint density at radius 2 is 1.69 bits per heavy atom. The summed E-state index contributed by atoms with van der Waals surface area (Å²) in [6.45, 7) is 9.64. The largest absolute Gasteiger partial charge is 0.338 e. The molecule has 3 aromatic rings. The van der Waals surface area contributed by atoms with Gasteiger partial charge in [0.25, 0.3) is 0 Å². The maximum Gasteiger partial charge on any atom is 0.225 e. The van der Waals surface area contributed by atoms with Crippen molar-refractivity contribution in [2.75, 3.05) is 37.6 Å². The first kappa shape index (κ1) is 16.9. The van der Waals surface area contributed by atoms with Crippen molar-refractivity contribution in [2.45, 2.75) is 20.4 Å². The van der Waals surface area contributed by atoms with E-state index in [1.807, 2.05) is 19.9 Å². The topological polar surface area (TPSA) is 50.1 Å². The number of anilines is 1. The fraction of sp³-hybridized carbons (Fsp3) is 0.421. The second kappa shape index (κ2) is 6.99. The predicted octanol–water partition coefficient (Wildman–Crippen LogP) is 2.40. The van der Waals surface area contributed by atoms with E-state index in [1.165, 1.54) is 12.1 Å². The van der Waals surface area contributed by atoms with E-state index in [9.17, 15) is 4.39 Å². The van der Waals surface area contributed by atoms with E-state index < -0.39 is 0 Å². The minimum absolute atomic E-state index is 0.243. The number of rotatable bonds is 4. The molecule has 1 aliphatic heterocycles. The number of aryl methyl sites for hydroxylation is 2. The van der Waals surface area contributed by atoms with Gasteiger partial charge in [-0.2, -0.15) is 0 Å². The van der Waals surface area contributed by atoms with Crippen LogP contribution in [0, 0.1) is 19.7 Å². The third-order valence-corrected chi connectivity index (χ3v) is 4.87. The molecule has 0 amide bonds. The van der Waals surface area contributed by atoms with Gasteiger partial charge in [0.1, 0.15) is 5.82 Å². The van der Waals surface area contributed by atoms with Crippen LogP contribution in [0.4, 0.5) is 10.3 Å². The van der Waals surface area contributed by atoms with E-state index >= 15 is 0 Å². The number of benzene rings is 1. The highest BCUT2D eigenvalue weighted by Gasteiger charge is 2.19. The Labute approximate surface area is 152 Å². The van der Waals surface area contributed by atoms with Gasteiger partial charge in [0, 0.05) is 56.7 Å². The normalized spacial score (nSPS) is 15.7. The second-order valence-electron chi connectivity index (χ2n) is 6.85. The first-order valence-electron chi connectivity index (χ1n) is 8.98. The van der Waals surface area contributed by atoms with Gasteiger partial charge in [-0.25, -0.2) is 19.3 Å². The molecular formula is C19H23FN6. The van der Waals surface area contributed by atoms with Crippen LogP contribution < -0.4 is 4.90 Å². The van der Waals surface area contributed by atoms with Gasteiger partial charge in [-0.1, -0.05) is 0 Å². The number of hydrogen-bond acceptors (Lipinski definition) is 5. The number of halogens is 1. The summed E-state index contributed by atoms with van der Waals surface area (Å²) in [4.78, 5) is 18.1. The van der Waals surface area contributed by atoms with Crippen molar-refractivity contribution < 1.29 is 4.39 Å². The number of aromatic nitrogens is 4. The van der Waals surface area contributed by atoms with Crippen molar-refractivity contribution in [3.05, 3.63) is 47.8 Å². The van der Waals surface area contributed by atoms with Gasteiger partial charge in [-0.3, -0.25) is 4.90 Å². The maximum atomic E-state index is 13.3. The smallest absolute Gasteiger partial charge is 0.225 e. The zero-order valence-electron chi connectivity index (χ0n) is 15.2. The van der Waals surface area contributed by atoms with Crippen LogP contribution in [-0.2, 0) is 6.54 Å². The van der Waals surface area contributed by atoms with Crippen LogP contribution >= 0.6 is 0 Å². The second-order valence-corrected chi connectivity index (χ2v) is 6.85. The van der Waals surface area contributed by atoms with Crippen molar-refractivity contribution in [3.63, 3.8) is 0 Å². The van der Waals surface area contributed by atoms with Gasteiger partial charge in [0.15, 0.2) is 0 Å². The SMILES string of the molecule is Cc1cc(C)nc(N2CCN(CCn3cnc4cc(F)ccc43)CC2)n1. The third kappa shape index (κ3) is 3.53. The number of hydrogen-bond donors (Lipinski definition) is 0. The summed E-state index contributed by atoms with van der Waals surface area (Å²) in [5.74, 6) is 0.595. The predicted molar refractivity (Wildman–Crippen MR) is 99.9 cm³/mol. The highest BCUT2D eigenvalue weighted by Crippen LogP contribution is 2.15. The van der Waals surface area contributed by atoms with Crippen LogP contribution in [0.15, 0.2) is 30.6 Å². The molecule has 1 saturated heterocycles. The molecule has 1 aromatic carbocycles. The molecule has 0 aliphatic carbocycles. The zero-order chi connectivity index (χ0) is 18.1. The molecule has 0 atom stereocenters. The molecule has 1 aliphatic rings. The molecular weight excluding hydrogens is 331 g/mol. The standard InChI is InChI=1S/C19H23FN6/c1-14-11-15(2)23-19(22-14)25-8-5-24(6-9-25)7-10-26-13-21-17-12-16(20)3-4-18(17)26/h3-4,11-13H,5-10H2,1-2H3. The third-order valence-electron chi connectivity index (χ3n) is 4.87. The van der Waals surface area contributed by atoms with Crippen LogP contribution in [0.5, 0.6) is 0 Å². The van der Waals surface area contributed by atoms with Gasteiger partial charge in [-0.05, 0) is 32.0 Å². The molecule has 0 spiro atoms. The Kier molecular flexibility index (Phi) is 4.55. The molecule has 0 saturated carbocycles. The molecule has 6 nitrogen and oxygen atoms in total. The average molecular weight is 354 g/mol. The molecule has 3 heterocycles. The lowest BCUT2D eigenvalue weighted by Gasteiger charge is -2.34. The van der Waals surface area contributed by atoms with Gasteiger partial charge in [-0.15, -0.1) is 0 Å². The summed E-state index contributed by atoms with van der Waals surface area (Å²) in [5, 5.41) is 0. The summed E-state index contributed by atoms with van der Waals surface area (Å²) in [6, 6.07) is 6.77. The molecule has 7 heteroatoms. The Hall–Kier alpha value is -2.54. The van der Waals surface area contributed by atoms with Gasteiger partial charge in [0.05, 0.1) is 17.4 Å². The van der Waals surface area contributed by atoms with Crippen LogP contribution in [0.2, 0.25) is 0 Å². The minimum Gasteiger partial charge on any atom is -0.338 e. The average Bonchev–Trinajstić information content (AvgIpc) is 3.01. The fourth-order valence-corrected chi connectivity index (χ4v) is 3.48. The number of imidazole rings is 1. The zero-order valence-corrected chi connectivity index (χ0v) is 15.2. The van der Waals surface area contributed by atoms with E-state index in [1.54, 1.807) is 12.4 Å². The number of piperazine rings is 1. The molecule has 0 radical (unpaired) electrons. The summed E-state index contributed by atoms with van der Waals surface area (Å²) >= 11 is 0. The van der Waals surface area contributed by atoms with E-state index in [4.69, 9.17) is 0 Å². The molecule has 4 rings (SSSR count). The van der Waals surface area contributed by atoms with Crippen molar-refractivity contribution in [3.8, 4) is 0 Å². The molecule has 0 unspecified atom stereocenters. The first-order valence-corrected chi connectivity index (χ1v) is 8.98. The molecule has 2 aromatic heterocycles. The van der Waals surface area contributed by atoms with Crippen molar-refractivity contribution >= 4 is 17.0 Å². The fourth-order valence-electron chi connectivity index (χ4n) is 3.48. The highest BCUT2D eigenvalue weighted by atomic mass is 19.1. The van der Waals surface area contributed by atoms with E-state index in [0.29, 0.717) is 5.52 Å². The van der Waals surface area contributed by atoms with Gasteiger partial charge >= 0.3 is 0 Å². The molecule has 136 valence electrons. The lowest BCUT2D eigenvalue weighted by atomic mass is 10.3. The van der Waals surface area contributed by atoms with Crippen LogP contribution in [0.25, 0.3) is 11.0 Å². The number of fused-ring (bicyclic) bond motifs is 1. The lowest BCUT2D eigenvalue weighted by molar-refractivity contribution is 0.248. The van der Waals surface area contributed by atoms with E-state index in [0.717, 1.165) is 62.1 Å². The number of nitrogens with zero attached hydrogens (tertiary/aromatic N) is 6. The monoisotopic (exact) mass is 354 g/mol. The van der Waals surface area contributed by atoms with Crippen LogP contribution in [0.1, 0.15) is 11.4 Å². The summed E-state index contributed by atoms with van der Waals surface area (Å²) < 4.78 is 15.4. The maximum absolute atomic E-state index is 13.3. The lowest BCUT2D eigenvalue weighted by Crippen LogP contribution is -2.47. The van der Waals surface area contributed by atoms with Crippen molar-refractivity contribution in [1.29, 1.82) is 0 Å². The summed E-state index contributed by atoms with van der Waals surface area (Å²) in [6.07, 6.45) is 1.80. The molecule has 1 fully saturated rings. The van der Waals surface area contributed by atoms with Crippen LogP contribution in [-0.4, -0.2) is 57.1 Å². The Bertz CT molecular complexity index is 893. The Morgan fingerprint density at radius 3 is 2.42 bits per heavy atom.